The minimum atomic E-state index is -4.38. The fourth-order valence-corrected chi connectivity index (χ4v) is 2.30. The number of halogens is 5. The second-order valence-electron chi connectivity index (χ2n) is 4.14. The van der Waals surface area contributed by atoms with E-state index < -0.39 is 11.7 Å². The molecule has 0 aliphatic heterocycles. The van der Waals surface area contributed by atoms with Gasteiger partial charge in [-0.05, 0) is 46.6 Å². The molecule has 1 heterocycles. The summed E-state index contributed by atoms with van der Waals surface area (Å²) in [6.07, 6.45) is -2.97. The van der Waals surface area contributed by atoms with Crippen molar-refractivity contribution < 1.29 is 13.2 Å². The van der Waals surface area contributed by atoms with Crippen LogP contribution in [0.25, 0.3) is 0 Å². The topological polar surface area (TPSA) is 24.9 Å². The van der Waals surface area contributed by atoms with Crippen molar-refractivity contribution in [1.29, 1.82) is 0 Å². The quantitative estimate of drug-likeness (QED) is 0.753. The number of anilines is 2. The molecule has 0 atom stereocenters. The molecule has 2 rings (SSSR count). The number of aromatic nitrogens is 1. The zero-order valence-electron chi connectivity index (χ0n) is 10.2. The normalized spacial score (nSPS) is 11.5. The predicted octanol–water partition coefficient (Wildman–Crippen LogP) is 5.57. The van der Waals surface area contributed by atoms with Crippen molar-refractivity contribution in [3.8, 4) is 0 Å². The molecule has 1 aromatic carbocycles. The van der Waals surface area contributed by atoms with Gasteiger partial charge in [-0.25, -0.2) is 4.98 Å². The number of nitrogens with one attached hydrogen (secondary N) is 1. The van der Waals surface area contributed by atoms with Crippen LogP contribution in [-0.4, -0.2) is 4.98 Å². The molecule has 0 bridgehead atoms. The van der Waals surface area contributed by atoms with E-state index in [1.165, 1.54) is 12.3 Å². The average Bonchev–Trinajstić information content (AvgIpc) is 2.33. The van der Waals surface area contributed by atoms with Crippen LogP contribution in [0.1, 0.15) is 11.1 Å². The third-order valence-electron chi connectivity index (χ3n) is 2.63. The molecule has 0 aliphatic carbocycles. The zero-order chi connectivity index (χ0) is 14.9. The summed E-state index contributed by atoms with van der Waals surface area (Å²) in [7, 11) is 0. The summed E-state index contributed by atoms with van der Waals surface area (Å²) in [4.78, 5) is 4.03. The number of rotatable bonds is 2. The third-order valence-corrected chi connectivity index (χ3v) is 3.44. The van der Waals surface area contributed by atoms with Crippen LogP contribution in [0, 0.1) is 6.92 Å². The highest BCUT2D eigenvalue weighted by molar-refractivity contribution is 9.10. The molecule has 2 nitrogen and oxygen atoms in total. The number of hydrogen-bond donors (Lipinski definition) is 1. The first-order valence-corrected chi connectivity index (χ1v) is 6.70. The molecule has 106 valence electrons. The van der Waals surface area contributed by atoms with Crippen molar-refractivity contribution >= 4 is 39.0 Å². The van der Waals surface area contributed by atoms with Crippen molar-refractivity contribution in [1.82, 2.24) is 4.98 Å². The number of pyridine rings is 1. The van der Waals surface area contributed by atoms with E-state index in [0.29, 0.717) is 26.6 Å². The molecule has 0 amide bonds. The highest BCUT2D eigenvalue weighted by Crippen LogP contribution is 2.34. The summed E-state index contributed by atoms with van der Waals surface area (Å²) in [5.74, 6) is 0.400. The Hall–Kier alpha value is -1.27. The number of alkyl halides is 3. The summed E-state index contributed by atoms with van der Waals surface area (Å²) in [5, 5.41) is 3.30. The Morgan fingerprint density at radius 1 is 1.25 bits per heavy atom. The zero-order valence-corrected chi connectivity index (χ0v) is 12.6. The second-order valence-corrected chi connectivity index (χ2v) is 5.43. The van der Waals surface area contributed by atoms with Gasteiger partial charge < -0.3 is 5.32 Å². The van der Waals surface area contributed by atoms with E-state index in [4.69, 9.17) is 11.6 Å². The fourth-order valence-electron chi connectivity index (χ4n) is 1.57. The first kappa shape index (κ1) is 15.1. The fraction of sp³-hybridized carbons (Fsp3) is 0.154. The van der Waals surface area contributed by atoms with Gasteiger partial charge in [-0.2, -0.15) is 13.2 Å². The standard InChI is InChI=1S/C13H9BrClF3N2/c1-7-2-3-8(13(16,17)18)4-11(7)20-12-10(14)5-9(15)6-19-12/h2-6H,1H3,(H,19,20). The third kappa shape index (κ3) is 3.43. The predicted molar refractivity (Wildman–Crippen MR) is 76.4 cm³/mol. The van der Waals surface area contributed by atoms with Crippen molar-refractivity contribution in [2.75, 3.05) is 5.32 Å². The van der Waals surface area contributed by atoms with Gasteiger partial charge in [-0.1, -0.05) is 17.7 Å². The van der Waals surface area contributed by atoms with Crippen LogP contribution < -0.4 is 5.32 Å². The van der Waals surface area contributed by atoms with E-state index in [9.17, 15) is 13.2 Å². The monoisotopic (exact) mass is 364 g/mol. The number of benzene rings is 1. The molecule has 0 unspecified atom stereocenters. The molecule has 7 heteroatoms. The number of hydrogen-bond acceptors (Lipinski definition) is 2. The molecule has 1 N–H and O–H groups in total. The van der Waals surface area contributed by atoms with E-state index in [1.807, 2.05) is 0 Å². The van der Waals surface area contributed by atoms with Crippen LogP contribution >= 0.6 is 27.5 Å². The summed E-state index contributed by atoms with van der Waals surface area (Å²) >= 11 is 9.02. The van der Waals surface area contributed by atoms with Crippen LogP contribution in [0.2, 0.25) is 5.02 Å². The Kier molecular flexibility index (Phi) is 4.25. The van der Waals surface area contributed by atoms with Crippen LogP contribution in [0.3, 0.4) is 0 Å². The lowest BCUT2D eigenvalue weighted by Crippen LogP contribution is -2.06. The van der Waals surface area contributed by atoms with Gasteiger partial charge in [-0.15, -0.1) is 0 Å². The maximum absolute atomic E-state index is 12.7. The minimum absolute atomic E-state index is 0.343. The van der Waals surface area contributed by atoms with E-state index in [1.54, 1.807) is 13.0 Å². The SMILES string of the molecule is Cc1ccc(C(F)(F)F)cc1Nc1ncc(Cl)cc1Br. The summed E-state index contributed by atoms with van der Waals surface area (Å²) < 4.78 is 38.7. The number of nitrogens with zero attached hydrogens (tertiary/aromatic N) is 1. The molecule has 0 aliphatic rings. The molecule has 0 radical (unpaired) electrons. The average molecular weight is 366 g/mol. The van der Waals surface area contributed by atoms with E-state index in [2.05, 4.69) is 26.2 Å². The summed E-state index contributed by atoms with van der Waals surface area (Å²) in [5.41, 5.74) is 0.313. The van der Waals surface area contributed by atoms with Crippen molar-refractivity contribution in [3.63, 3.8) is 0 Å². The highest BCUT2D eigenvalue weighted by Gasteiger charge is 2.30. The lowest BCUT2D eigenvalue weighted by atomic mass is 10.1. The van der Waals surface area contributed by atoms with Crippen LogP contribution in [0.4, 0.5) is 24.7 Å². The Morgan fingerprint density at radius 3 is 2.55 bits per heavy atom. The molecule has 0 saturated heterocycles. The molecule has 0 spiro atoms. The lowest BCUT2D eigenvalue weighted by molar-refractivity contribution is -0.137. The van der Waals surface area contributed by atoms with E-state index in [-0.39, 0.29) is 0 Å². The molecular weight excluding hydrogens is 357 g/mol. The van der Waals surface area contributed by atoms with Crippen LogP contribution in [0.15, 0.2) is 34.9 Å². The maximum atomic E-state index is 12.7. The molecule has 0 fully saturated rings. The van der Waals surface area contributed by atoms with Gasteiger partial charge in [0, 0.05) is 11.9 Å². The van der Waals surface area contributed by atoms with Crippen molar-refractivity contribution in [3.05, 3.63) is 51.1 Å². The Balaban J connectivity index is 2.38. The largest absolute Gasteiger partial charge is 0.416 e. The highest BCUT2D eigenvalue weighted by atomic mass is 79.9. The van der Waals surface area contributed by atoms with Gasteiger partial charge in [0.25, 0.3) is 0 Å². The molecule has 0 saturated carbocycles. The van der Waals surface area contributed by atoms with Gasteiger partial charge in [-0.3, -0.25) is 0 Å². The van der Waals surface area contributed by atoms with Crippen LogP contribution in [0.5, 0.6) is 0 Å². The lowest BCUT2D eigenvalue weighted by Gasteiger charge is -2.13. The molecular formula is C13H9BrClF3N2. The van der Waals surface area contributed by atoms with Crippen LogP contribution in [-0.2, 0) is 6.18 Å². The minimum Gasteiger partial charge on any atom is -0.339 e. The van der Waals surface area contributed by atoms with Gasteiger partial charge in [0.2, 0.25) is 0 Å². The van der Waals surface area contributed by atoms with Gasteiger partial charge in [0.1, 0.15) is 5.82 Å². The first-order valence-electron chi connectivity index (χ1n) is 5.53. The summed E-state index contributed by atoms with van der Waals surface area (Å²) in [6, 6.07) is 5.12. The van der Waals surface area contributed by atoms with E-state index in [0.717, 1.165) is 12.1 Å². The first-order chi connectivity index (χ1) is 9.27. The Labute approximate surface area is 127 Å². The van der Waals surface area contributed by atoms with Crippen molar-refractivity contribution in [2.24, 2.45) is 0 Å². The van der Waals surface area contributed by atoms with Gasteiger partial charge in [0.05, 0.1) is 15.1 Å². The van der Waals surface area contributed by atoms with Gasteiger partial charge in [0.15, 0.2) is 0 Å². The van der Waals surface area contributed by atoms with Crippen molar-refractivity contribution in [2.45, 2.75) is 13.1 Å². The van der Waals surface area contributed by atoms with E-state index >= 15 is 0 Å². The molecule has 20 heavy (non-hydrogen) atoms. The molecule has 1 aromatic heterocycles. The summed E-state index contributed by atoms with van der Waals surface area (Å²) in [6.45, 7) is 1.71. The maximum Gasteiger partial charge on any atom is 0.416 e. The Morgan fingerprint density at radius 2 is 1.95 bits per heavy atom. The smallest absolute Gasteiger partial charge is 0.339 e. The van der Waals surface area contributed by atoms with Gasteiger partial charge >= 0.3 is 6.18 Å². The number of aryl methyl sites for hydroxylation is 1. The second kappa shape index (κ2) is 5.61. The molecule has 2 aromatic rings. The Bertz CT molecular complexity index is 644.